The number of amides is 2. The highest BCUT2D eigenvalue weighted by Gasteiger charge is 2.01. The first-order valence-corrected chi connectivity index (χ1v) is 7.93. The summed E-state index contributed by atoms with van der Waals surface area (Å²) < 4.78 is 1.04. The van der Waals surface area contributed by atoms with Crippen molar-refractivity contribution in [1.82, 2.24) is 15.5 Å². The summed E-state index contributed by atoms with van der Waals surface area (Å²) in [7, 11) is 0. The van der Waals surface area contributed by atoms with Gasteiger partial charge in [-0.1, -0.05) is 41.9 Å². The van der Waals surface area contributed by atoms with Gasteiger partial charge in [0.2, 0.25) is 0 Å². The number of hydrogen-bond acceptors (Lipinski definition) is 2. The van der Waals surface area contributed by atoms with E-state index >= 15 is 0 Å². The lowest BCUT2D eigenvalue weighted by Gasteiger charge is -2.17. The van der Waals surface area contributed by atoms with Crippen LogP contribution in [0.15, 0.2) is 28.7 Å². The summed E-state index contributed by atoms with van der Waals surface area (Å²) >= 11 is 3.39. The van der Waals surface area contributed by atoms with Crippen LogP contribution in [0, 0.1) is 0 Å². The Bertz CT molecular complexity index is 391. The minimum atomic E-state index is -0.104. The summed E-state index contributed by atoms with van der Waals surface area (Å²) in [5, 5.41) is 5.74. The standard InChI is InChI=1S/C15H24BrN3O/c1-3-19(4-2)11-5-10-17-15(20)18-12-13-6-8-14(16)9-7-13/h6-9H,3-5,10-12H2,1-2H3,(H2,17,18,20). The molecular formula is C15H24BrN3O. The van der Waals surface area contributed by atoms with Crippen LogP contribution in [0.4, 0.5) is 4.79 Å². The van der Waals surface area contributed by atoms with Crippen molar-refractivity contribution in [3.8, 4) is 0 Å². The molecule has 5 heteroatoms. The third kappa shape index (κ3) is 6.91. The lowest BCUT2D eigenvalue weighted by molar-refractivity contribution is 0.239. The first-order chi connectivity index (χ1) is 9.65. The minimum absolute atomic E-state index is 0.104. The van der Waals surface area contributed by atoms with Crippen molar-refractivity contribution in [1.29, 1.82) is 0 Å². The highest BCUT2D eigenvalue weighted by atomic mass is 79.9. The number of urea groups is 1. The molecule has 1 rings (SSSR count). The molecule has 0 radical (unpaired) electrons. The molecule has 0 fully saturated rings. The van der Waals surface area contributed by atoms with Gasteiger partial charge in [-0.3, -0.25) is 0 Å². The highest BCUT2D eigenvalue weighted by Crippen LogP contribution is 2.10. The first kappa shape index (κ1) is 17.0. The van der Waals surface area contributed by atoms with Crippen LogP contribution in [0.3, 0.4) is 0 Å². The van der Waals surface area contributed by atoms with E-state index in [1.807, 2.05) is 24.3 Å². The van der Waals surface area contributed by atoms with Gasteiger partial charge in [0.25, 0.3) is 0 Å². The second-order valence-electron chi connectivity index (χ2n) is 4.62. The number of benzene rings is 1. The average molecular weight is 342 g/mol. The van der Waals surface area contributed by atoms with E-state index in [0.717, 1.165) is 36.1 Å². The molecule has 0 saturated carbocycles. The molecule has 0 bridgehead atoms. The number of hydrogen-bond donors (Lipinski definition) is 2. The Hall–Kier alpha value is -1.07. The Morgan fingerprint density at radius 1 is 1.15 bits per heavy atom. The van der Waals surface area contributed by atoms with E-state index in [9.17, 15) is 4.79 Å². The Balaban J connectivity index is 2.13. The number of nitrogens with one attached hydrogen (secondary N) is 2. The summed E-state index contributed by atoms with van der Waals surface area (Å²) in [6.45, 7) is 8.72. The van der Waals surface area contributed by atoms with Gasteiger partial charge in [0.05, 0.1) is 0 Å². The summed E-state index contributed by atoms with van der Waals surface area (Å²) in [5.41, 5.74) is 1.09. The van der Waals surface area contributed by atoms with E-state index in [0.29, 0.717) is 13.1 Å². The zero-order valence-electron chi connectivity index (χ0n) is 12.3. The molecule has 1 aromatic rings. The maximum absolute atomic E-state index is 11.6. The molecule has 0 aliphatic rings. The second-order valence-corrected chi connectivity index (χ2v) is 5.53. The van der Waals surface area contributed by atoms with Gasteiger partial charge in [0, 0.05) is 17.6 Å². The molecule has 0 atom stereocenters. The van der Waals surface area contributed by atoms with Crippen LogP contribution in [0.25, 0.3) is 0 Å². The van der Waals surface area contributed by atoms with Crippen molar-refractivity contribution in [2.75, 3.05) is 26.2 Å². The molecule has 0 unspecified atom stereocenters. The van der Waals surface area contributed by atoms with Gasteiger partial charge in [0.1, 0.15) is 0 Å². The summed E-state index contributed by atoms with van der Waals surface area (Å²) in [4.78, 5) is 14.0. The Kier molecular flexibility index (Phi) is 8.30. The van der Waals surface area contributed by atoms with Crippen molar-refractivity contribution < 1.29 is 4.79 Å². The number of halogens is 1. The summed E-state index contributed by atoms with van der Waals surface area (Å²) in [5.74, 6) is 0. The summed E-state index contributed by atoms with van der Waals surface area (Å²) in [6, 6.07) is 7.82. The van der Waals surface area contributed by atoms with E-state index in [2.05, 4.69) is 45.3 Å². The first-order valence-electron chi connectivity index (χ1n) is 7.14. The maximum Gasteiger partial charge on any atom is 0.315 e. The van der Waals surface area contributed by atoms with E-state index in [-0.39, 0.29) is 6.03 Å². The number of nitrogens with zero attached hydrogens (tertiary/aromatic N) is 1. The van der Waals surface area contributed by atoms with E-state index < -0.39 is 0 Å². The molecule has 0 spiro atoms. The molecule has 1 aromatic carbocycles. The van der Waals surface area contributed by atoms with Gasteiger partial charge in [-0.25, -0.2) is 4.79 Å². The smallest absolute Gasteiger partial charge is 0.315 e. The lowest BCUT2D eigenvalue weighted by Crippen LogP contribution is -2.36. The average Bonchev–Trinajstić information content (AvgIpc) is 2.47. The van der Waals surface area contributed by atoms with Crippen LogP contribution in [0.1, 0.15) is 25.8 Å². The molecule has 4 nitrogen and oxygen atoms in total. The topological polar surface area (TPSA) is 44.4 Å². The molecular weight excluding hydrogens is 318 g/mol. The van der Waals surface area contributed by atoms with Gasteiger partial charge in [0.15, 0.2) is 0 Å². The Labute approximate surface area is 130 Å². The van der Waals surface area contributed by atoms with Crippen molar-refractivity contribution >= 4 is 22.0 Å². The molecule has 2 amide bonds. The van der Waals surface area contributed by atoms with Crippen molar-refractivity contribution in [3.63, 3.8) is 0 Å². The zero-order chi connectivity index (χ0) is 14.8. The maximum atomic E-state index is 11.6. The van der Waals surface area contributed by atoms with Gasteiger partial charge < -0.3 is 15.5 Å². The highest BCUT2D eigenvalue weighted by molar-refractivity contribution is 9.10. The predicted octanol–water partition coefficient (Wildman–Crippen LogP) is 2.98. The predicted molar refractivity (Wildman–Crippen MR) is 86.8 cm³/mol. The molecule has 20 heavy (non-hydrogen) atoms. The normalized spacial score (nSPS) is 10.6. The molecule has 0 aliphatic carbocycles. The fourth-order valence-corrected chi connectivity index (χ4v) is 2.16. The van der Waals surface area contributed by atoms with Crippen molar-refractivity contribution in [2.45, 2.75) is 26.8 Å². The van der Waals surface area contributed by atoms with Crippen molar-refractivity contribution in [3.05, 3.63) is 34.3 Å². The third-order valence-corrected chi connectivity index (χ3v) is 3.73. The van der Waals surface area contributed by atoms with Crippen LogP contribution < -0.4 is 10.6 Å². The van der Waals surface area contributed by atoms with Gasteiger partial charge in [-0.2, -0.15) is 0 Å². The fourth-order valence-electron chi connectivity index (χ4n) is 1.89. The number of rotatable bonds is 8. The molecule has 0 heterocycles. The summed E-state index contributed by atoms with van der Waals surface area (Å²) in [6.07, 6.45) is 0.980. The Morgan fingerprint density at radius 3 is 2.40 bits per heavy atom. The van der Waals surface area contributed by atoms with Gasteiger partial charge in [-0.15, -0.1) is 0 Å². The van der Waals surface area contributed by atoms with Gasteiger partial charge in [-0.05, 0) is 43.8 Å². The molecule has 2 N–H and O–H groups in total. The quantitative estimate of drug-likeness (QED) is 0.714. The Morgan fingerprint density at radius 2 is 1.80 bits per heavy atom. The monoisotopic (exact) mass is 341 g/mol. The molecule has 0 saturated heterocycles. The van der Waals surface area contributed by atoms with Crippen LogP contribution in [0.5, 0.6) is 0 Å². The number of carbonyl (C=O) groups excluding carboxylic acids is 1. The van der Waals surface area contributed by atoms with Crippen LogP contribution >= 0.6 is 15.9 Å². The van der Waals surface area contributed by atoms with Crippen LogP contribution in [-0.2, 0) is 6.54 Å². The van der Waals surface area contributed by atoms with Crippen LogP contribution in [-0.4, -0.2) is 37.1 Å². The van der Waals surface area contributed by atoms with Gasteiger partial charge >= 0.3 is 6.03 Å². The second kappa shape index (κ2) is 9.77. The van der Waals surface area contributed by atoms with E-state index in [1.54, 1.807) is 0 Å². The third-order valence-electron chi connectivity index (χ3n) is 3.20. The lowest BCUT2D eigenvalue weighted by atomic mass is 10.2. The van der Waals surface area contributed by atoms with Crippen LogP contribution in [0.2, 0.25) is 0 Å². The largest absolute Gasteiger partial charge is 0.338 e. The van der Waals surface area contributed by atoms with E-state index in [1.165, 1.54) is 0 Å². The SMILES string of the molecule is CCN(CC)CCCNC(=O)NCc1ccc(Br)cc1. The van der Waals surface area contributed by atoms with E-state index in [4.69, 9.17) is 0 Å². The fraction of sp³-hybridized carbons (Fsp3) is 0.533. The molecule has 0 aromatic heterocycles. The zero-order valence-corrected chi connectivity index (χ0v) is 13.9. The minimum Gasteiger partial charge on any atom is -0.338 e. The molecule has 112 valence electrons. The number of carbonyl (C=O) groups is 1. The van der Waals surface area contributed by atoms with Crippen molar-refractivity contribution in [2.24, 2.45) is 0 Å². The molecule has 0 aliphatic heterocycles.